The summed E-state index contributed by atoms with van der Waals surface area (Å²) in [7, 11) is 1.91. The second kappa shape index (κ2) is 5.40. The van der Waals surface area contributed by atoms with Gasteiger partial charge in [-0.25, -0.2) is 4.98 Å². The minimum atomic E-state index is 0.139. The molecule has 1 unspecified atom stereocenters. The van der Waals surface area contributed by atoms with Crippen molar-refractivity contribution in [1.29, 1.82) is 0 Å². The first kappa shape index (κ1) is 13.4. The van der Waals surface area contributed by atoms with Crippen molar-refractivity contribution in [3.63, 3.8) is 0 Å². The van der Waals surface area contributed by atoms with Crippen molar-refractivity contribution in [3.8, 4) is 0 Å². The molecule has 5 heteroatoms. The van der Waals surface area contributed by atoms with Crippen LogP contribution in [0.15, 0.2) is 23.2 Å². The predicted octanol–water partition coefficient (Wildman–Crippen LogP) is 2.59. The van der Waals surface area contributed by atoms with Crippen molar-refractivity contribution in [1.82, 2.24) is 14.5 Å². The van der Waals surface area contributed by atoms with Gasteiger partial charge in [0.25, 0.3) is 5.91 Å². The Labute approximate surface area is 123 Å². The fourth-order valence-electron chi connectivity index (χ4n) is 2.84. The number of nitrogens with zero attached hydrogens (tertiary/aromatic N) is 3. The maximum Gasteiger partial charge on any atom is 0.254 e. The zero-order valence-electron chi connectivity index (χ0n) is 11.9. The van der Waals surface area contributed by atoms with Crippen molar-refractivity contribution >= 4 is 17.2 Å². The lowest BCUT2D eigenvalue weighted by atomic mass is 9.98. The highest BCUT2D eigenvalue weighted by atomic mass is 32.1. The van der Waals surface area contributed by atoms with Gasteiger partial charge in [0.2, 0.25) is 0 Å². The SMILES string of the molecule is Cc1cscc1C(=O)N(C)CC1CCc2nccn2C1. The van der Waals surface area contributed by atoms with Crippen LogP contribution in [0.25, 0.3) is 0 Å². The molecule has 0 fully saturated rings. The van der Waals surface area contributed by atoms with E-state index in [1.165, 1.54) is 5.82 Å². The van der Waals surface area contributed by atoms with Crippen molar-refractivity contribution in [3.05, 3.63) is 40.1 Å². The lowest BCUT2D eigenvalue weighted by Crippen LogP contribution is -2.35. The first-order chi connectivity index (χ1) is 9.65. The van der Waals surface area contributed by atoms with E-state index >= 15 is 0 Å². The normalized spacial score (nSPS) is 17.8. The van der Waals surface area contributed by atoms with Gasteiger partial charge < -0.3 is 9.47 Å². The average molecular weight is 289 g/mol. The fourth-order valence-corrected chi connectivity index (χ4v) is 3.66. The van der Waals surface area contributed by atoms with Crippen LogP contribution >= 0.6 is 11.3 Å². The average Bonchev–Trinajstić information content (AvgIpc) is 3.05. The van der Waals surface area contributed by atoms with Crippen LogP contribution in [0.2, 0.25) is 0 Å². The van der Waals surface area contributed by atoms with E-state index in [2.05, 4.69) is 9.55 Å². The molecule has 20 heavy (non-hydrogen) atoms. The Bertz CT molecular complexity index is 616. The summed E-state index contributed by atoms with van der Waals surface area (Å²) in [6, 6.07) is 0. The molecule has 0 saturated carbocycles. The van der Waals surface area contributed by atoms with Gasteiger partial charge in [-0.1, -0.05) is 0 Å². The Morgan fingerprint density at radius 3 is 3.15 bits per heavy atom. The van der Waals surface area contributed by atoms with Crippen molar-refractivity contribution < 1.29 is 4.79 Å². The van der Waals surface area contributed by atoms with E-state index in [0.29, 0.717) is 5.92 Å². The number of carbonyl (C=O) groups is 1. The predicted molar refractivity (Wildman–Crippen MR) is 80.1 cm³/mol. The second-order valence-corrected chi connectivity index (χ2v) is 6.30. The highest BCUT2D eigenvalue weighted by Crippen LogP contribution is 2.21. The molecule has 0 aromatic carbocycles. The van der Waals surface area contributed by atoms with Gasteiger partial charge in [-0.05, 0) is 30.2 Å². The van der Waals surface area contributed by atoms with Gasteiger partial charge >= 0.3 is 0 Å². The molecule has 1 aliphatic rings. The van der Waals surface area contributed by atoms with E-state index in [4.69, 9.17) is 0 Å². The van der Waals surface area contributed by atoms with Gasteiger partial charge in [0.1, 0.15) is 5.82 Å². The number of rotatable bonds is 3. The van der Waals surface area contributed by atoms with Crippen LogP contribution in [0.4, 0.5) is 0 Å². The summed E-state index contributed by atoms with van der Waals surface area (Å²) in [6.45, 7) is 3.78. The number of aromatic nitrogens is 2. The van der Waals surface area contributed by atoms with Crippen LogP contribution in [-0.4, -0.2) is 34.0 Å². The van der Waals surface area contributed by atoms with E-state index in [-0.39, 0.29) is 5.91 Å². The molecule has 0 bridgehead atoms. The largest absolute Gasteiger partial charge is 0.341 e. The summed E-state index contributed by atoms with van der Waals surface area (Å²) in [5.41, 5.74) is 1.92. The van der Waals surface area contributed by atoms with Crippen LogP contribution in [0.1, 0.15) is 28.2 Å². The van der Waals surface area contributed by atoms with Gasteiger partial charge in [0.05, 0.1) is 5.56 Å². The summed E-state index contributed by atoms with van der Waals surface area (Å²) in [5.74, 6) is 1.83. The molecule has 1 atom stereocenters. The van der Waals surface area contributed by atoms with Crippen molar-refractivity contribution in [2.75, 3.05) is 13.6 Å². The molecule has 2 aromatic heterocycles. The van der Waals surface area contributed by atoms with E-state index in [1.807, 2.05) is 42.0 Å². The van der Waals surface area contributed by atoms with Crippen molar-refractivity contribution in [2.45, 2.75) is 26.3 Å². The van der Waals surface area contributed by atoms with Gasteiger partial charge in [0, 0.05) is 44.3 Å². The minimum Gasteiger partial charge on any atom is -0.341 e. The molecule has 0 aliphatic carbocycles. The Hall–Kier alpha value is -1.62. The third-order valence-electron chi connectivity index (χ3n) is 4.00. The van der Waals surface area contributed by atoms with Gasteiger partial charge in [-0.15, -0.1) is 0 Å². The molecule has 3 heterocycles. The molecule has 0 spiro atoms. The second-order valence-electron chi connectivity index (χ2n) is 5.55. The monoisotopic (exact) mass is 289 g/mol. The Balaban J connectivity index is 1.64. The van der Waals surface area contributed by atoms with Crippen LogP contribution in [0.3, 0.4) is 0 Å². The standard InChI is InChI=1S/C15H19N3OS/c1-11-9-20-10-13(11)15(19)17(2)7-12-3-4-14-16-5-6-18(14)8-12/h5-6,9-10,12H,3-4,7-8H2,1-2H3. The van der Waals surface area contributed by atoms with Crippen LogP contribution < -0.4 is 0 Å². The number of thiophene rings is 1. The molecule has 106 valence electrons. The van der Waals surface area contributed by atoms with Crippen LogP contribution in [-0.2, 0) is 13.0 Å². The van der Waals surface area contributed by atoms with Gasteiger partial charge in [-0.2, -0.15) is 11.3 Å². The highest BCUT2D eigenvalue weighted by molar-refractivity contribution is 7.08. The molecule has 3 rings (SSSR count). The van der Waals surface area contributed by atoms with Gasteiger partial charge in [0.15, 0.2) is 0 Å². The number of aryl methyl sites for hydroxylation is 2. The number of carbonyl (C=O) groups excluding carboxylic acids is 1. The third kappa shape index (κ3) is 2.50. The molecular formula is C15H19N3OS. The topological polar surface area (TPSA) is 38.1 Å². The quantitative estimate of drug-likeness (QED) is 0.871. The number of hydrogen-bond donors (Lipinski definition) is 0. The first-order valence-corrected chi connectivity index (χ1v) is 7.87. The molecular weight excluding hydrogens is 270 g/mol. The van der Waals surface area contributed by atoms with E-state index in [9.17, 15) is 4.79 Å². The number of hydrogen-bond acceptors (Lipinski definition) is 3. The summed E-state index contributed by atoms with van der Waals surface area (Å²) < 4.78 is 2.21. The third-order valence-corrected chi connectivity index (χ3v) is 4.86. The maximum atomic E-state index is 12.4. The minimum absolute atomic E-state index is 0.139. The molecule has 0 N–H and O–H groups in total. The zero-order chi connectivity index (χ0) is 14.1. The molecule has 1 aliphatic heterocycles. The van der Waals surface area contributed by atoms with Crippen LogP contribution in [0, 0.1) is 12.8 Å². The molecule has 2 aromatic rings. The lowest BCUT2D eigenvalue weighted by Gasteiger charge is -2.28. The molecule has 4 nitrogen and oxygen atoms in total. The number of amides is 1. The van der Waals surface area contributed by atoms with E-state index in [1.54, 1.807) is 11.3 Å². The van der Waals surface area contributed by atoms with Gasteiger partial charge in [-0.3, -0.25) is 4.79 Å². The van der Waals surface area contributed by atoms with E-state index < -0.39 is 0 Å². The van der Waals surface area contributed by atoms with Crippen molar-refractivity contribution in [2.24, 2.45) is 5.92 Å². The summed E-state index contributed by atoms with van der Waals surface area (Å²) >= 11 is 1.59. The van der Waals surface area contributed by atoms with E-state index in [0.717, 1.165) is 37.1 Å². The number of fused-ring (bicyclic) bond motifs is 1. The summed E-state index contributed by atoms with van der Waals surface area (Å²) in [4.78, 5) is 18.6. The lowest BCUT2D eigenvalue weighted by molar-refractivity contribution is 0.0760. The summed E-state index contributed by atoms with van der Waals surface area (Å²) in [6.07, 6.45) is 6.02. The maximum absolute atomic E-state index is 12.4. The smallest absolute Gasteiger partial charge is 0.254 e. The Kier molecular flexibility index (Phi) is 3.61. The molecule has 0 radical (unpaired) electrons. The fraction of sp³-hybridized carbons (Fsp3) is 0.467. The Morgan fingerprint density at radius 1 is 1.55 bits per heavy atom. The highest BCUT2D eigenvalue weighted by Gasteiger charge is 2.23. The molecule has 1 amide bonds. The Morgan fingerprint density at radius 2 is 2.40 bits per heavy atom. The molecule has 0 saturated heterocycles. The first-order valence-electron chi connectivity index (χ1n) is 6.93. The number of imidazole rings is 1. The zero-order valence-corrected chi connectivity index (χ0v) is 12.7. The van der Waals surface area contributed by atoms with Crippen LogP contribution in [0.5, 0.6) is 0 Å². The summed E-state index contributed by atoms with van der Waals surface area (Å²) in [5, 5.41) is 3.97.